The monoisotopic (exact) mass is 321 g/mol. The van der Waals surface area contributed by atoms with E-state index in [1.165, 1.54) is 17.7 Å². The first kappa shape index (κ1) is 14.1. The number of nitrogens with one attached hydrogen (secondary N) is 1. The number of anilines is 1. The fraction of sp³-hybridized carbons (Fsp3) is 0.250. The fourth-order valence-corrected chi connectivity index (χ4v) is 2.30. The predicted molar refractivity (Wildman–Crippen MR) is 81.9 cm³/mol. The van der Waals surface area contributed by atoms with Crippen LogP contribution in [0.2, 0.25) is 0 Å². The van der Waals surface area contributed by atoms with Gasteiger partial charge in [-0.2, -0.15) is 0 Å². The third-order valence-electron chi connectivity index (χ3n) is 3.18. The highest BCUT2D eigenvalue weighted by molar-refractivity contribution is 9.10. The van der Waals surface area contributed by atoms with Crippen LogP contribution in [-0.4, -0.2) is 0 Å². The van der Waals surface area contributed by atoms with E-state index in [9.17, 15) is 4.39 Å². The van der Waals surface area contributed by atoms with Crippen molar-refractivity contribution in [2.24, 2.45) is 0 Å². The number of benzene rings is 2. The summed E-state index contributed by atoms with van der Waals surface area (Å²) in [6.45, 7) is 4.18. The Morgan fingerprint density at radius 3 is 2.42 bits per heavy atom. The zero-order chi connectivity index (χ0) is 13.8. The summed E-state index contributed by atoms with van der Waals surface area (Å²) in [4.78, 5) is 0. The van der Waals surface area contributed by atoms with Gasteiger partial charge >= 0.3 is 0 Å². The Morgan fingerprint density at radius 1 is 1.16 bits per heavy atom. The van der Waals surface area contributed by atoms with Crippen LogP contribution in [0.15, 0.2) is 46.9 Å². The van der Waals surface area contributed by atoms with Gasteiger partial charge in [-0.1, -0.05) is 35.0 Å². The van der Waals surface area contributed by atoms with Gasteiger partial charge in [-0.15, -0.1) is 0 Å². The molecule has 1 atom stereocenters. The maximum absolute atomic E-state index is 13.0. The number of halogens is 2. The van der Waals surface area contributed by atoms with Gasteiger partial charge in [-0.25, -0.2) is 4.39 Å². The topological polar surface area (TPSA) is 12.0 Å². The van der Waals surface area contributed by atoms with E-state index >= 15 is 0 Å². The van der Waals surface area contributed by atoms with Gasteiger partial charge < -0.3 is 5.32 Å². The summed E-state index contributed by atoms with van der Waals surface area (Å²) in [5.41, 5.74) is 3.38. The van der Waals surface area contributed by atoms with Crippen molar-refractivity contribution in [3.63, 3.8) is 0 Å². The minimum Gasteiger partial charge on any atom is -0.378 e. The van der Waals surface area contributed by atoms with Crippen molar-refractivity contribution >= 4 is 21.6 Å². The van der Waals surface area contributed by atoms with Crippen LogP contribution in [0.25, 0.3) is 0 Å². The van der Waals surface area contributed by atoms with Crippen molar-refractivity contribution in [1.29, 1.82) is 0 Å². The Hall–Kier alpha value is -1.35. The zero-order valence-electron chi connectivity index (χ0n) is 11.1. The SMILES string of the molecule is CCC(Nc1ccc(Br)c(C)c1)c1ccc(F)cc1. The predicted octanol–water partition coefficient (Wildman–Crippen LogP) is 5.46. The molecule has 1 N–H and O–H groups in total. The molecule has 2 aromatic carbocycles. The van der Waals surface area contributed by atoms with Crippen molar-refractivity contribution < 1.29 is 4.39 Å². The summed E-state index contributed by atoms with van der Waals surface area (Å²) in [5, 5.41) is 3.49. The van der Waals surface area contributed by atoms with Gasteiger partial charge in [0.05, 0.1) is 6.04 Å². The molecule has 3 heteroatoms. The molecule has 0 saturated carbocycles. The third kappa shape index (κ3) is 3.57. The molecule has 100 valence electrons. The van der Waals surface area contributed by atoms with E-state index in [4.69, 9.17) is 0 Å². The third-order valence-corrected chi connectivity index (χ3v) is 4.07. The van der Waals surface area contributed by atoms with E-state index < -0.39 is 0 Å². The molecule has 1 unspecified atom stereocenters. The van der Waals surface area contributed by atoms with Crippen molar-refractivity contribution in [1.82, 2.24) is 0 Å². The van der Waals surface area contributed by atoms with Crippen LogP contribution < -0.4 is 5.32 Å². The molecule has 2 aromatic rings. The number of rotatable bonds is 4. The summed E-state index contributed by atoms with van der Waals surface area (Å²) in [6, 6.07) is 13.1. The molecule has 0 spiro atoms. The summed E-state index contributed by atoms with van der Waals surface area (Å²) in [5.74, 6) is -0.196. The van der Waals surface area contributed by atoms with E-state index in [1.54, 1.807) is 0 Å². The van der Waals surface area contributed by atoms with E-state index in [-0.39, 0.29) is 11.9 Å². The van der Waals surface area contributed by atoms with Gasteiger partial charge in [0, 0.05) is 10.2 Å². The van der Waals surface area contributed by atoms with Crippen molar-refractivity contribution in [2.45, 2.75) is 26.3 Å². The standard InChI is InChI=1S/C16H17BrFN/c1-3-16(12-4-6-13(18)7-5-12)19-14-8-9-15(17)11(2)10-14/h4-10,16,19H,3H2,1-2H3. The largest absolute Gasteiger partial charge is 0.378 e. The molecule has 1 nitrogen and oxygen atoms in total. The normalized spacial score (nSPS) is 12.2. The van der Waals surface area contributed by atoms with Gasteiger partial charge in [0.2, 0.25) is 0 Å². The van der Waals surface area contributed by atoms with Gasteiger partial charge in [0.15, 0.2) is 0 Å². The van der Waals surface area contributed by atoms with E-state index in [2.05, 4.69) is 41.2 Å². The smallest absolute Gasteiger partial charge is 0.123 e. The van der Waals surface area contributed by atoms with Crippen molar-refractivity contribution in [3.8, 4) is 0 Å². The summed E-state index contributed by atoms with van der Waals surface area (Å²) in [6.07, 6.45) is 0.945. The molecular weight excluding hydrogens is 305 g/mol. The van der Waals surface area contributed by atoms with Crippen LogP contribution in [0, 0.1) is 12.7 Å². The minimum atomic E-state index is -0.196. The highest BCUT2D eigenvalue weighted by Gasteiger charge is 2.09. The Balaban J connectivity index is 2.18. The zero-order valence-corrected chi connectivity index (χ0v) is 12.7. The Kier molecular flexibility index (Phi) is 4.59. The molecule has 0 amide bonds. The summed E-state index contributed by atoms with van der Waals surface area (Å²) in [7, 11) is 0. The second-order valence-electron chi connectivity index (χ2n) is 4.62. The molecule has 0 fully saturated rings. The summed E-state index contributed by atoms with van der Waals surface area (Å²) >= 11 is 3.50. The molecule has 2 rings (SSSR count). The lowest BCUT2D eigenvalue weighted by molar-refractivity contribution is 0.625. The van der Waals surface area contributed by atoms with Crippen LogP contribution in [0.1, 0.15) is 30.5 Å². The molecule has 19 heavy (non-hydrogen) atoms. The first-order valence-electron chi connectivity index (χ1n) is 6.38. The molecule has 0 bridgehead atoms. The lowest BCUT2D eigenvalue weighted by Crippen LogP contribution is -2.09. The lowest BCUT2D eigenvalue weighted by Gasteiger charge is -2.19. The van der Waals surface area contributed by atoms with Crippen LogP contribution in [0.4, 0.5) is 10.1 Å². The first-order chi connectivity index (χ1) is 9.10. The highest BCUT2D eigenvalue weighted by Crippen LogP contribution is 2.25. The van der Waals surface area contributed by atoms with E-state index in [1.807, 2.05) is 24.3 Å². The molecule has 0 radical (unpaired) electrons. The quantitative estimate of drug-likeness (QED) is 0.788. The molecule has 0 aliphatic rings. The second kappa shape index (κ2) is 6.20. The van der Waals surface area contributed by atoms with Gasteiger partial charge in [-0.05, 0) is 54.8 Å². The first-order valence-corrected chi connectivity index (χ1v) is 7.17. The van der Waals surface area contributed by atoms with Crippen LogP contribution in [0.5, 0.6) is 0 Å². The van der Waals surface area contributed by atoms with Crippen molar-refractivity contribution in [3.05, 3.63) is 63.9 Å². The van der Waals surface area contributed by atoms with Crippen LogP contribution in [-0.2, 0) is 0 Å². The molecule has 0 saturated heterocycles. The van der Waals surface area contributed by atoms with Crippen molar-refractivity contribution in [2.75, 3.05) is 5.32 Å². The maximum atomic E-state index is 13.0. The lowest BCUT2D eigenvalue weighted by atomic mass is 10.0. The molecule has 0 heterocycles. The van der Waals surface area contributed by atoms with E-state index in [0.717, 1.165) is 22.1 Å². The minimum absolute atomic E-state index is 0.196. The maximum Gasteiger partial charge on any atom is 0.123 e. The fourth-order valence-electron chi connectivity index (χ4n) is 2.05. The van der Waals surface area contributed by atoms with Crippen LogP contribution >= 0.6 is 15.9 Å². The Labute approximate surface area is 122 Å². The van der Waals surface area contributed by atoms with E-state index in [0.29, 0.717) is 0 Å². The number of hydrogen-bond acceptors (Lipinski definition) is 1. The molecule has 0 aliphatic heterocycles. The van der Waals surface area contributed by atoms with Crippen LogP contribution in [0.3, 0.4) is 0 Å². The van der Waals surface area contributed by atoms with Gasteiger partial charge in [0.1, 0.15) is 5.82 Å². The molecule has 0 aromatic heterocycles. The average molecular weight is 322 g/mol. The average Bonchev–Trinajstić information content (AvgIpc) is 2.41. The van der Waals surface area contributed by atoms with Gasteiger partial charge in [-0.3, -0.25) is 0 Å². The van der Waals surface area contributed by atoms with Gasteiger partial charge in [0.25, 0.3) is 0 Å². The number of aryl methyl sites for hydroxylation is 1. The summed E-state index contributed by atoms with van der Waals surface area (Å²) < 4.78 is 14.1. The Bertz CT molecular complexity index is 551. The Morgan fingerprint density at radius 2 is 1.84 bits per heavy atom. The molecule has 0 aliphatic carbocycles. The second-order valence-corrected chi connectivity index (χ2v) is 5.48. The highest BCUT2D eigenvalue weighted by atomic mass is 79.9. The number of hydrogen-bond donors (Lipinski definition) is 1. The molecular formula is C16H17BrFN.